The third-order valence-corrected chi connectivity index (χ3v) is 13.0. The molecule has 4 amide bonds. The number of carbonyl (C=O) groups is 4. The van der Waals surface area contributed by atoms with Gasteiger partial charge in [-0.1, -0.05) is 35.1 Å². The lowest BCUT2D eigenvalue weighted by Gasteiger charge is -2.31. The van der Waals surface area contributed by atoms with Crippen molar-refractivity contribution in [1.29, 1.82) is 0 Å². The van der Waals surface area contributed by atoms with Crippen LogP contribution in [0.25, 0.3) is 0 Å². The molecular weight excluding hydrogens is 857 g/mol. The topological polar surface area (TPSA) is 212 Å². The molecule has 0 aliphatic carbocycles. The number of hydrogen-bond acceptors (Lipinski definition) is 15. The minimum atomic E-state index is -1.44. The molecule has 63 heavy (non-hydrogen) atoms. The van der Waals surface area contributed by atoms with Gasteiger partial charge in [0.2, 0.25) is 12.3 Å². The van der Waals surface area contributed by atoms with Crippen molar-refractivity contribution in [3.8, 4) is 23.0 Å². The van der Waals surface area contributed by atoms with Crippen LogP contribution in [0.2, 0.25) is 0 Å². The zero-order valence-electron chi connectivity index (χ0n) is 35.2. The minimum Gasteiger partial charge on any atom is -0.493 e. The van der Waals surface area contributed by atoms with Crippen LogP contribution < -0.4 is 29.2 Å². The van der Waals surface area contributed by atoms with Crippen molar-refractivity contribution in [2.75, 3.05) is 63.1 Å². The molecule has 2 aromatic carbocycles. The van der Waals surface area contributed by atoms with Crippen molar-refractivity contribution in [3.05, 3.63) is 88.1 Å². The fraction of sp³-hybridized carbons (Fsp3) is 0.419. The van der Waals surface area contributed by atoms with Crippen LogP contribution in [0.15, 0.2) is 71.9 Å². The average Bonchev–Trinajstić information content (AvgIpc) is 3.85. The normalized spacial score (nSPS) is 18.1. The third-order valence-electron chi connectivity index (χ3n) is 10.6. The summed E-state index contributed by atoms with van der Waals surface area (Å²) in [6, 6.07) is 8.06. The van der Waals surface area contributed by atoms with Gasteiger partial charge in [0.05, 0.1) is 56.3 Å². The molecule has 2 N–H and O–H groups in total. The first kappa shape index (κ1) is 46.5. The zero-order valence-corrected chi connectivity index (χ0v) is 36.9. The van der Waals surface area contributed by atoms with Gasteiger partial charge in [0.1, 0.15) is 17.3 Å². The van der Waals surface area contributed by atoms with E-state index < -0.39 is 35.2 Å². The number of aliphatic hydroxyl groups excluding tert-OH is 1. The lowest BCUT2D eigenvalue weighted by atomic mass is 10.1. The number of aryl methyl sites for hydroxylation is 1. The molecule has 4 heterocycles. The van der Waals surface area contributed by atoms with Crippen LogP contribution in [0.3, 0.4) is 0 Å². The maximum absolute atomic E-state index is 13.9. The van der Waals surface area contributed by atoms with Crippen LogP contribution >= 0.6 is 21.6 Å². The van der Waals surface area contributed by atoms with Gasteiger partial charge in [-0.3, -0.25) is 24.5 Å². The highest BCUT2D eigenvalue weighted by Crippen LogP contribution is 2.42. The highest BCUT2D eigenvalue weighted by Gasteiger charge is 2.46. The van der Waals surface area contributed by atoms with E-state index >= 15 is 0 Å². The molecule has 0 bridgehead atoms. The quantitative estimate of drug-likeness (QED) is 0.0308. The minimum absolute atomic E-state index is 0.0177. The number of carbonyl (C=O) groups excluding carboxylic acids is 4. The number of rotatable bonds is 20. The Kier molecular flexibility index (Phi) is 15.8. The summed E-state index contributed by atoms with van der Waals surface area (Å²) in [5.41, 5.74) is 3.01. The molecule has 18 nitrogen and oxygen atoms in total. The Balaban J connectivity index is 1.04. The number of amides is 4. The number of hydrogen-bond donors (Lipinski definition) is 2. The van der Waals surface area contributed by atoms with Gasteiger partial charge in [-0.15, -0.1) is 0 Å². The number of methoxy groups -OCH3 is 2. The molecule has 3 aromatic rings. The molecule has 2 fully saturated rings. The highest BCUT2D eigenvalue weighted by atomic mass is 33.1. The Morgan fingerprint density at radius 3 is 2.33 bits per heavy atom. The van der Waals surface area contributed by atoms with Crippen molar-refractivity contribution in [2.24, 2.45) is 0 Å². The second kappa shape index (κ2) is 21.4. The number of ether oxygens (including phenoxy) is 5. The molecule has 20 heteroatoms. The van der Waals surface area contributed by atoms with Crippen LogP contribution in [0, 0.1) is 17.0 Å². The van der Waals surface area contributed by atoms with Gasteiger partial charge in [-0.25, -0.2) is 14.7 Å². The summed E-state index contributed by atoms with van der Waals surface area (Å²) >= 11 is 0. The highest BCUT2D eigenvalue weighted by molar-refractivity contribution is 8.76. The van der Waals surface area contributed by atoms with E-state index in [2.05, 4.69) is 23.5 Å². The number of nitro groups is 1. The molecule has 3 atom stereocenters. The van der Waals surface area contributed by atoms with Crippen LogP contribution in [-0.2, 0) is 14.3 Å². The van der Waals surface area contributed by atoms with E-state index in [4.69, 9.17) is 23.7 Å². The molecule has 3 aliphatic heterocycles. The van der Waals surface area contributed by atoms with Gasteiger partial charge >= 0.3 is 6.09 Å². The summed E-state index contributed by atoms with van der Waals surface area (Å²) in [6.07, 6.45) is 2.68. The van der Waals surface area contributed by atoms with Gasteiger partial charge in [0, 0.05) is 42.7 Å². The third kappa shape index (κ3) is 11.2. The van der Waals surface area contributed by atoms with Gasteiger partial charge in [0.25, 0.3) is 11.6 Å². The molecule has 0 radical (unpaired) electrons. The molecule has 0 spiro atoms. The number of pyridine rings is 1. The lowest BCUT2D eigenvalue weighted by Crippen LogP contribution is -2.51. The maximum atomic E-state index is 13.9. The summed E-state index contributed by atoms with van der Waals surface area (Å²) in [5, 5.41) is 26.1. The SMILES string of the molecule is C=C1CC(C(=O)Nc2cc(OCCCCCOc3cc4c(cc3OC)C(=O)N3CC(=C)CC3C(O)N4C(=O)OCCCSSc3ccc([N+](=O)[O-])cn3)c(OC)cc2C)N(C=O)C1. The molecule has 0 saturated carbocycles. The summed E-state index contributed by atoms with van der Waals surface area (Å²) < 4.78 is 29.0. The van der Waals surface area contributed by atoms with Crippen molar-refractivity contribution >= 4 is 63.0 Å². The molecule has 2 saturated heterocycles. The first-order chi connectivity index (χ1) is 30.3. The first-order valence-electron chi connectivity index (χ1n) is 20.2. The zero-order chi connectivity index (χ0) is 45.2. The smallest absolute Gasteiger partial charge is 0.416 e. The van der Waals surface area contributed by atoms with Crippen LogP contribution in [0.4, 0.5) is 21.9 Å². The van der Waals surface area contributed by atoms with Crippen molar-refractivity contribution in [3.63, 3.8) is 0 Å². The largest absolute Gasteiger partial charge is 0.493 e. The monoisotopic (exact) mass is 906 g/mol. The van der Waals surface area contributed by atoms with E-state index in [1.54, 1.807) is 18.2 Å². The standard InChI is InChI=1S/C43H50N6O12S2/c1-26-16-33(46(23-26)25-50)40(51)45-31-20-37(35(57-4)18-28(31)3)59-12-7-6-8-13-60-38-21-32-30(19-36(38)58-5)41(52)47-24-27(2)17-34(47)42(53)48(32)43(54)61-14-9-15-62-63-39-11-10-29(22-44-39)49(55)56/h10-11,18-22,25,33-34,42,53H,1-2,6-9,12-17,23-24H2,3-5H3,(H,45,51). The number of benzene rings is 2. The average molecular weight is 907 g/mol. The molecular formula is C43H50N6O12S2. The van der Waals surface area contributed by atoms with Crippen molar-refractivity contribution in [1.82, 2.24) is 14.8 Å². The van der Waals surface area contributed by atoms with E-state index in [1.165, 1.54) is 70.0 Å². The molecule has 3 aliphatic rings. The number of aliphatic hydroxyl groups is 1. The fourth-order valence-electron chi connectivity index (χ4n) is 7.37. The summed E-state index contributed by atoms with van der Waals surface area (Å²) in [5.74, 6) is 1.35. The number of anilines is 2. The Labute approximate surface area is 372 Å². The fourth-order valence-corrected chi connectivity index (χ4v) is 9.29. The predicted molar refractivity (Wildman–Crippen MR) is 237 cm³/mol. The predicted octanol–water partition coefficient (Wildman–Crippen LogP) is 6.55. The van der Waals surface area contributed by atoms with Crippen LogP contribution in [0.5, 0.6) is 23.0 Å². The maximum Gasteiger partial charge on any atom is 0.416 e. The number of likely N-dealkylation sites (tertiary alicyclic amines) is 1. The number of unbranched alkanes of at least 4 members (excludes halogenated alkanes) is 2. The van der Waals surface area contributed by atoms with Gasteiger partial charge in [-0.05, 0) is 80.0 Å². The Morgan fingerprint density at radius 1 is 0.968 bits per heavy atom. The molecule has 1 aromatic heterocycles. The number of aromatic nitrogens is 1. The van der Waals surface area contributed by atoms with Crippen molar-refractivity contribution in [2.45, 2.75) is 68.8 Å². The summed E-state index contributed by atoms with van der Waals surface area (Å²) in [7, 11) is 5.76. The van der Waals surface area contributed by atoms with E-state index in [0.29, 0.717) is 86.1 Å². The molecule has 6 rings (SSSR count). The lowest BCUT2D eigenvalue weighted by molar-refractivity contribution is -0.385. The van der Waals surface area contributed by atoms with Crippen LogP contribution in [-0.4, -0.2) is 120 Å². The summed E-state index contributed by atoms with van der Waals surface area (Å²) in [6.45, 7) is 10.9. The number of nitrogens with zero attached hydrogens (tertiary/aromatic N) is 5. The summed E-state index contributed by atoms with van der Waals surface area (Å²) in [4.78, 5) is 70.7. The Hall–Kier alpha value is -5.99. The first-order valence-corrected chi connectivity index (χ1v) is 22.5. The van der Waals surface area contributed by atoms with Gasteiger partial charge in [0.15, 0.2) is 29.2 Å². The molecule has 3 unspecified atom stereocenters. The van der Waals surface area contributed by atoms with Gasteiger partial charge in [-0.2, -0.15) is 0 Å². The Bertz CT molecular complexity index is 2230. The van der Waals surface area contributed by atoms with E-state index in [1.807, 2.05) is 6.92 Å². The second-order valence-corrected chi connectivity index (χ2v) is 17.5. The number of nitrogens with one attached hydrogen (secondary N) is 1. The van der Waals surface area contributed by atoms with Crippen LogP contribution in [0.1, 0.15) is 54.4 Å². The van der Waals surface area contributed by atoms with Gasteiger partial charge < -0.3 is 43.9 Å². The number of fused-ring (bicyclic) bond motifs is 2. The van der Waals surface area contributed by atoms with E-state index in [9.17, 15) is 34.4 Å². The Morgan fingerprint density at radius 2 is 1.67 bits per heavy atom. The van der Waals surface area contributed by atoms with E-state index in [-0.39, 0.29) is 54.1 Å². The second-order valence-electron chi connectivity index (χ2n) is 15.1. The molecule has 336 valence electrons. The van der Waals surface area contributed by atoms with Crippen molar-refractivity contribution < 1.29 is 52.9 Å². The van der Waals surface area contributed by atoms with E-state index in [0.717, 1.165) is 21.6 Å².